The Morgan fingerprint density at radius 3 is 2.46 bits per heavy atom. The second-order valence-electron chi connectivity index (χ2n) is 2.63. The number of nitrogens with zero attached hydrogens (tertiary/aromatic N) is 1. The third-order valence-corrected chi connectivity index (χ3v) is 2.39. The van der Waals surface area contributed by atoms with Crippen LogP contribution in [0.1, 0.15) is 5.56 Å². The van der Waals surface area contributed by atoms with Gasteiger partial charge in [-0.05, 0) is 12.1 Å². The molecule has 1 heterocycles. The summed E-state index contributed by atoms with van der Waals surface area (Å²) >= 11 is 11.9. The maximum absolute atomic E-state index is 5.96. The van der Waals surface area contributed by atoms with E-state index < -0.39 is 0 Å². The molecule has 0 radical (unpaired) electrons. The highest BCUT2D eigenvalue weighted by Gasteiger charge is 2.16. The van der Waals surface area contributed by atoms with Crippen LogP contribution in [0.4, 0.5) is 0 Å². The van der Waals surface area contributed by atoms with E-state index in [1.54, 1.807) is 18.2 Å². The molecule has 1 aromatic carbocycles. The van der Waals surface area contributed by atoms with E-state index in [1.807, 2.05) is 0 Å². The third-order valence-electron chi connectivity index (χ3n) is 1.76. The first-order valence-electron chi connectivity index (χ1n) is 3.90. The summed E-state index contributed by atoms with van der Waals surface area (Å²) in [6, 6.07) is 5.34. The lowest BCUT2D eigenvalue weighted by Crippen LogP contribution is -2.02. The molecule has 0 aromatic heterocycles. The Bertz CT molecular complexity index is 342. The van der Waals surface area contributed by atoms with Crippen LogP contribution in [-0.2, 0) is 4.74 Å². The number of hydrogen-bond acceptors (Lipinski definition) is 2. The van der Waals surface area contributed by atoms with Crippen LogP contribution in [-0.4, -0.2) is 19.0 Å². The minimum atomic E-state index is 0.551. The van der Waals surface area contributed by atoms with E-state index in [9.17, 15) is 0 Å². The molecule has 2 nitrogen and oxygen atoms in total. The van der Waals surface area contributed by atoms with Gasteiger partial charge >= 0.3 is 0 Å². The van der Waals surface area contributed by atoms with E-state index >= 15 is 0 Å². The van der Waals surface area contributed by atoms with Gasteiger partial charge in [-0.1, -0.05) is 29.3 Å². The molecular formula is C9H7Cl2NO. The van der Waals surface area contributed by atoms with Crippen molar-refractivity contribution in [2.75, 3.05) is 13.2 Å². The molecule has 4 heteroatoms. The zero-order valence-corrected chi connectivity index (χ0v) is 8.27. The molecule has 13 heavy (non-hydrogen) atoms. The zero-order chi connectivity index (χ0) is 9.26. The van der Waals surface area contributed by atoms with Gasteiger partial charge in [0.05, 0.1) is 22.2 Å². The summed E-state index contributed by atoms with van der Waals surface area (Å²) in [4.78, 5) is 4.15. The molecule has 1 aliphatic rings. The van der Waals surface area contributed by atoms with Gasteiger partial charge < -0.3 is 4.74 Å². The molecule has 0 unspecified atom stereocenters. The van der Waals surface area contributed by atoms with Crippen LogP contribution in [0.3, 0.4) is 0 Å². The molecule has 0 bridgehead atoms. The molecule has 0 spiro atoms. The van der Waals surface area contributed by atoms with Gasteiger partial charge in [0.2, 0.25) is 5.90 Å². The average molecular weight is 216 g/mol. The SMILES string of the molecule is Clc1cccc(Cl)c1C1=NCCO1. The van der Waals surface area contributed by atoms with Crippen LogP contribution in [0.2, 0.25) is 10.0 Å². The Kier molecular flexibility index (Phi) is 2.42. The fraction of sp³-hybridized carbons (Fsp3) is 0.222. The predicted octanol–water partition coefficient (Wildman–Crippen LogP) is 2.77. The molecule has 0 amide bonds. The lowest BCUT2D eigenvalue weighted by molar-refractivity contribution is 0.348. The quantitative estimate of drug-likeness (QED) is 0.707. The monoisotopic (exact) mass is 215 g/mol. The Morgan fingerprint density at radius 1 is 1.23 bits per heavy atom. The summed E-state index contributed by atoms with van der Waals surface area (Å²) in [5, 5.41) is 1.15. The van der Waals surface area contributed by atoms with Gasteiger partial charge in [-0.25, -0.2) is 4.99 Å². The van der Waals surface area contributed by atoms with Gasteiger partial charge in [0.1, 0.15) is 6.61 Å². The highest BCUT2D eigenvalue weighted by molar-refractivity contribution is 6.39. The van der Waals surface area contributed by atoms with E-state index in [2.05, 4.69) is 4.99 Å². The molecular weight excluding hydrogens is 209 g/mol. The lowest BCUT2D eigenvalue weighted by Gasteiger charge is -2.05. The van der Waals surface area contributed by atoms with E-state index in [0.717, 1.165) is 0 Å². The summed E-state index contributed by atoms with van der Waals surface area (Å²) in [6.07, 6.45) is 0. The summed E-state index contributed by atoms with van der Waals surface area (Å²) in [5.41, 5.74) is 0.698. The number of halogens is 2. The Balaban J connectivity index is 2.49. The standard InChI is InChI=1S/C9H7Cl2NO/c10-6-2-1-3-7(11)8(6)9-12-4-5-13-9/h1-3H,4-5H2. The second kappa shape index (κ2) is 3.56. The van der Waals surface area contributed by atoms with E-state index in [0.29, 0.717) is 34.7 Å². The summed E-state index contributed by atoms with van der Waals surface area (Å²) in [6.45, 7) is 1.29. The van der Waals surface area contributed by atoms with Crippen molar-refractivity contribution in [1.29, 1.82) is 0 Å². The zero-order valence-electron chi connectivity index (χ0n) is 6.76. The number of hydrogen-bond donors (Lipinski definition) is 0. The van der Waals surface area contributed by atoms with Crippen molar-refractivity contribution in [2.45, 2.75) is 0 Å². The number of benzene rings is 1. The molecule has 0 atom stereocenters. The van der Waals surface area contributed by atoms with Crippen molar-refractivity contribution in [3.63, 3.8) is 0 Å². The smallest absolute Gasteiger partial charge is 0.219 e. The minimum absolute atomic E-state index is 0.551. The lowest BCUT2D eigenvalue weighted by atomic mass is 10.2. The van der Waals surface area contributed by atoms with Crippen molar-refractivity contribution in [3.05, 3.63) is 33.8 Å². The van der Waals surface area contributed by atoms with Crippen molar-refractivity contribution in [2.24, 2.45) is 4.99 Å². The number of rotatable bonds is 1. The normalized spacial score (nSPS) is 15.4. The van der Waals surface area contributed by atoms with Crippen molar-refractivity contribution < 1.29 is 4.74 Å². The van der Waals surface area contributed by atoms with Gasteiger partial charge in [-0.3, -0.25) is 0 Å². The molecule has 0 fully saturated rings. The highest BCUT2D eigenvalue weighted by Crippen LogP contribution is 2.26. The molecule has 1 aromatic rings. The van der Waals surface area contributed by atoms with Gasteiger partial charge in [-0.2, -0.15) is 0 Å². The third kappa shape index (κ3) is 1.64. The molecule has 1 aliphatic heterocycles. The molecule has 0 saturated carbocycles. The van der Waals surface area contributed by atoms with Crippen LogP contribution in [0.15, 0.2) is 23.2 Å². The van der Waals surface area contributed by atoms with Crippen LogP contribution < -0.4 is 0 Å². The van der Waals surface area contributed by atoms with E-state index in [4.69, 9.17) is 27.9 Å². The molecule has 0 N–H and O–H groups in total. The fourth-order valence-electron chi connectivity index (χ4n) is 1.19. The first-order chi connectivity index (χ1) is 6.29. The largest absolute Gasteiger partial charge is 0.475 e. The summed E-state index contributed by atoms with van der Waals surface area (Å²) in [7, 11) is 0. The molecule has 0 aliphatic carbocycles. The minimum Gasteiger partial charge on any atom is -0.475 e. The molecule has 0 saturated heterocycles. The topological polar surface area (TPSA) is 21.6 Å². The Hall–Kier alpha value is -0.730. The van der Waals surface area contributed by atoms with Crippen molar-refractivity contribution in [1.82, 2.24) is 0 Å². The molecule has 68 valence electrons. The first-order valence-corrected chi connectivity index (χ1v) is 4.66. The number of ether oxygens (including phenoxy) is 1. The van der Waals surface area contributed by atoms with Gasteiger partial charge in [0, 0.05) is 0 Å². The Labute approximate surface area is 86.1 Å². The summed E-state index contributed by atoms with van der Waals surface area (Å²) < 4.78 is 5.28. The van der Waals surface area contributed by atoms with Gasteiger partial charge in [0.15, 0.2) is 0 Å². The maximum Gasteiger partial charge on any atom is 0.219 e. The molecule has 2 rings (SSSR count). The van der Waals surface area contributed by atoms with Crippen LogP contribution >= 0.6 is 23.2 Å². The maximum atomic E-state index is 5.96. The van der Waals surface area contributed by atoms with Crippen LogP contribution in [0.25, 0.3) is 0 Å². The number of aliphatic imine (C=N–C) groups is 1. The second-order valence-corrected chi connectivity index (χ2v) is 3.45. The van der Waals surface area contributed by atoms with E-state index in [1.165, 1.54) is 0 Å². The average Bonchev–Trinajstić information content (AvgIpc) is 2.57. The fourth-order valence-corrected chi connectivity index (χ4v) is 1.75. The highest BCUT2D eigenvalue weighted by atomic mass is 35.5. The van der Waals surface area contributed by atoms with Crippen molar-refractivity contribution in [3.8, 4) is 0 Å². The van der Waals surface area contributed by atoms with Crippen molar-refractivity contribution >= 4 is 29.1 Å². The van der Waals surface area contributed by atoms with Gasteiger partial charge in [-0.15, -0.1) is 0 Å². The van der Waals surface area contributed by atoms with Crippen LogP contribution in [0.5, 0.6) is 0 Å². The van der Waals surface area contributed by atoms with E-state index in [-0.39, 0.29) is 0 Å². The summed E-state index contributed by atoms with van der Waals surface area (Å²) in [5.74, 6) is 0.551. The Morgan fingerprint density at radius 2 is 1.92 bits per heavy atom. The predicted molar refractivity (Wildman–Crippen MR) is 53.8 cm³/mol. The van der Waals surface area contributed by atoms with Crippen LogP contribution in [0, 0.1) is 0 Å². The van der Waals surface area contributed by atoms with Gasteiger partial charge in [0.25, 0.3) is 0 Å². The first kappa shape index (κ1) is 8.85.